The van der Waals surface area contributed by atoms with Gasteiger partial charge in [0.1, 0.15) is 5.82 Å². The van der Waals surface area contributed by atoms with Crippen molar-refractivity contribution in [3.05, 3.63) is 111 Å². The first-order valence-corrected chi connectivity index (χ1v) is 10.5. The number of rotatable bonds is 7. The highest BCUT2D eigenvalue weighted by Gasteiger charge is 2.24. The Morgan fingerprint density at radius 1 is 1.00 bits per heavy atom. The van der Waals surface area contributed by atoms with Crippen molar-refractivity contribution < 1.29 is 4.79 Å². The van der Waals surface area contributed by atoms with E-state index >= 15 is 0 Å². The number of aromatic amines is 1. The van der Waals surface area contributed by atoms with E-state index in [9.17, 15) is 14.4 Å². The molecule has 0 saturated carbocycles. The second-order valence-electron chi connectivity index (χ2n) is 7.51. The van der Waals surface area contributed by atoms with Crippen molar-refractivity contribution in [1.29, 1.82) is 0 Å². The Labute approximate surface area is 189 Å². The SMILES string of the molecule is CCN(C(=O)c1ccc(Cn2cccn2)cc1)c1c(N)n(Cc2ccccc2)c(=O)[nH]c1=O. The number of nitrogens with zero attached hydrogens (tertiary/aromatic N) is 4. The predicted molar refractivity (Wildman–Crippen MR) is 126 cm³/mol. The molecule has 2 heterocycles. The Balaban J connectivity index is 1.65. The van der Waals surface area contributed by atoms with Gasteiger partial charge < -0.3 is 10.6 Å². The third kappa shape index (κ3) is 4.62. The third-order valence-corrected chi connectivity index (χ3v) is 5.33. The molecular weight excluding hydrogens is 420 g/mol. The number of carbonyl (C=O) groups excluding carboxylic acids is 1. The molecule has 0 aliphatic carbocycles. The first-order valence-electron chi connectivity index (χ1n) is 10.5. The van der Waals surface area contributed by atoms with Crippen LogP contribution in [-0.4, -0.2) is 31.8 Å². The second-order valence-corrected chi connectivity index (χ2v) is 7.51. The lowest BCUT2D eigenvalue weighted by atomic mass is 10.1. The maximum Gasteiger partial charge on any atom is 0.330 e. The van der Waals surface area contributed by atoms with Crippen LogP contribution >= 0.6 is 0 Å². The molecule has 168 valence electrons. The highest BCUT2D eigenvalue weighted by Crippen LogP contribution is 2.20. The Kier molecular flexibility index (Phi) is 6.21. The van der Waals surface area contributed by atoms with Crippen LogP contribution in [0.5, 0.6) is 0 Å². The Bertz CT molecular complexity index is 1360. The minimum absolute atomic E-state index is 0.0429. The molecule has 0 aliphatic heterocycles. The van der Waals surface area contributed by atoms with Gasteiger partial charge in [-0.05, 0) is 36.2 Å². The number of nitrogens with two attached hydrogens (primary N) is 1. The number of hydrogen-bond donors (Lipinski definition) is 2. The highest BCUT2D eigenvalue weighted by molar-refractivity contribution is 6.07. The summed E-state index contributed by atoms with van der Waals surface area (Å²) in [6.45, 7) is 2.69. The van der Waals surface area contributed by atoms with Gasteiger partial charge in [-0.2, -0.15) is 5.10 Å². The number of benzene rings is 2. The summed E-state index contributed by atoms with van der Waals surface area (Å²) in [6, 6.07) is 18.2. The summed E-state index contributed by atoms with van der Waals surface area (Å²) in [6.07, 6.45) is 3.56. The maximum absolute atomic E-state index is 13.3. The van der Waals surface area contributed by atoms with E-state index in [4.69, 9.17) is 5.73 Å². The number of hydrogen-bond acceptors (Lipinski definition) is 5. The molecule has 0 atom stereocenters. The quantitative estimate of drug-likeness (QED) is 0.452. The first kappa shape index (κ1) is 21.8. The summed E-state index contributed by atoms with van der Waals surface area (Å²) < 4.78 is 3.04. The Morgan fingerprint density at radius 2 is 1.70 bits per heavy atom. The smallest absolute Gasteiger partial charge is 0.330 e. The molecule has 3 N–H and O–H groups in total. The number of anilines is 2. The lowest BCUT2D eigenvalue weighted by Gasteiger charge is -2.23. The minimum Gasteiger partial charge on any atom is -0.383 e. The van der Waals surface area contributed by atoms with Crippen LogP contribution < -0.4 is 21.9 Å². The molecule has 9 nitrogen and oxygen atoms in total. The van der Waals surface area contributed by atoms with Gasteiger partial charge in [0.25, 0.3) is 11.5 Å². The van der Waals surface area contributed by atoms with Crippen molar-refractivity contribution in [3.8, 4) is 0 Å². The van der Waals surface area contributed by atoms with Gasteiger partial charge in [-0.25, -0.2) is 4.79 Å². The summed E-state index contributed by atoms with van der Waals surface area (Å²) in [5.74, 6) is -0.441. The zero-order valence-electron chi connectivity index (χ0n) is 18.1. The Morgan fingerprint density at radius 3 is 2.33 bits per heavy atom. The predicted octanol–water partition coefficient (Wildman–Crippen LogP) is 2.08. The van der Waals surface area contributed by atoms with Crippen molar-refractivity contribution in [1.82, 2.24) is 19.3 Å². The average Bonchev–Trinajstić information content (AvgIpc) is 3.33. The average molecular weight is 444 g/mol. The van der Waals surface area contributed by atoms with Crippen LogP contribution in [0, 0.1) is 0 Å². The van der Waals surface area contributed by atoms with E-state index in [1.165, 1.54) is 9.47 Å². The van der Waals surface area contributed by atoms with Crippen molar-refractivity contribution in [3.63, 3.8) is 0 Å². The third-order valence-electron chi connectivity index (χ3n) is 5.33. The number of carbonyl (C=O) groups is 1. The van der Waals surface area contributed by atoms with E-state index in [1.54, 1.807) is 29.9 Å². The fraction of sp³-hybridized carbons (Fsp3) is 0.167. The molecule has 0 aliphatic rings. The monoisotopic (exact) mass is 444 g/mol. The van der Waals surface area contributed by atoms with Crippen LogP contribution in [-0.2, 0) is 13.1 Å². The number of H-pyrrole nitrogens is 1. The number of amides is 1. The van der Waals surface area contributed by atoms with Gasteiger partial charge in [0.2, 0.25) is 0 Å². The van der Waals surface area contributed by atoms with Gasteiger partial charge in [0, 0.05) is 24.5 Å². The summed E-state index contributed by atoms with van der Waals surface area (Å²) in [7, 11) is 0. The van der Waals surface area contributed by atoms with E-state index in [-0.39, 0.29) is 30.5 Å². The molecule has 1 amide bonds. The zero-order valence-corrected chi connectivity index (χ0v) is 18.1. The number of nitrogens with one attached hydrogen (secondary N) is 1. The molecule has 2 aromatic carbocycles. The molecule has 4 rings (SSSR count). The molecule has 0 fully saturated rings. The van der Waals surface area contributed by atoms with Crippen molar-refractivity contribution in [2.24, 2.45) is 0 Å². The number of nitrogen functional groups attached to an aromatic ring is 1. The van der Waals surface area contributed by atoms with Gasteiger partial charge >= 0.3 is 5.69 Å². The molecule has 0 bridgehead atoms. The van der Waals surface area contributed by atoms with E-state index in [2.05, 4.69) is 10.1 Å². The molecule has 2 aromatic heterocycles. The number of aromatic nitrogens is 4. The van der Waals surface area contributed by atoms with Gasteiger partial charge in [-0.15, -0.1) is 0 Å². The van der Waals surface area contributed by atoms with Crippen molar-refractivity contribution in [2.45, 2.75) is 20.0 Å². The largest absolute Gasteiger partial charge is 0.383 e. The lowest BCUT2D eigenvalue weighted by Crippen LogP contribution is -2.41. The summed E-state index contributed by atoms with van der Waals surface area (Å²) >= 11 is 0. The van der Waals surface area contributed by atoms with Crippen LogP contribution in [0.15, 0.2) is 82.6 Å². The minimum atomic E-state index is -0.702. The van der Waals surface area contributed by atoms with Crippen molar-refractivity contribution in [2.75, 3.05) is 17.2 Å². The second kappa shape index (κ2) is 9.39. The van der Waals surface area contributed by atoms with Crippen LogP contribution in [0.1, 0.15) is 28.4 Å². The van der Waals surface area contributed by atoms with Crippen LogP contribution in [0.4, 0.5) is 11.5 Å². The van der Waals surface area contributed by atoms with Gasteiger partial charge in [0.15, 0.2) is 5.69 Å². The van der Waals surface area contributed by atoms with Crippen LogP contribution in [0.25, 0.3) is 0 Å². The van der Waals surface area contributed by atoms with Gasteiger partial charge in [-0.3, -0.25) is 23.8 Å². The molecular formula is C24H24N6O3. The summed E-state index contributed by atoms with van der Waals surface area (Å²) in [5.41, 5.74) is 7.11. The van der Waals surface area contributed by atoms with Crippen LogP contribution in [0.3, 0.4) is 0 Å². The normalized spacial score (nSPS) is 10.8. The molecule has 9 heteroatoms. The zero-order chi connectivity index (χ0) is 23.4. The lowest BCUT2D eigenvalue weighted by molar-refractivity contribution is 0.0988. The fourth-order valence-corrected chi connectivity index (χ4v) is 3.65. The Hall–Kier alpha value is -4.40. The molecule has 33 heavy (non-hydrogen) atoms. The van der Waals surface area contributed by atoms with E-state index in [0.717, 1.165) is 11.1 Å². The van der Waals surface area contributed by atoms with E-state index in [1.807, 2.05) is 54.7 Å². The molecule has 0 radical (unpaired) electrons. The van der Waals surface area contributed by atoms with Gasteiger partial charge in [0.05, 0.1) is 13.1 Å². The van der Waals surface area contributed by atoms with Gasteiger partial charge in [-0.1, -0.05) is 42.5 Å². The molecule has 4 aromatic rings. The standard InChI is InChI=1S/C24H24N6O3/c1-2-29(23(32)19-11-9-18(10-12-19)15-28-14-6-13-26-28)20-21(25)30(24(33)27-22(20)31)16-17-7-4-3-5-8-17/h3-14H,2,15-16,25H2,1H3,(H,27,31,33). The van der Waals surface area contributed by atoms with Crippen LogP contribution in [0.2, 0.25) is 0 Å². The summed E-state index contributed by atoms with van der Waals surface area (Å²) in [5, 5.41) is 4.18. The fourth-order valence-electron chi connectivity index (χ4n) is 3.65. The summed E-state index contributed by atoms with van der Waals surface area (Å²) in [4.78, 5) is 42.0. The maximum atomic E-state index is 13.3. The topological polar surface area (TPSA) is 119 Å². The molecule has 0 spiro atoms. The first-order chi connectivity index (χ1) is 16.0. The van der Waals surface area contributed by atoms with E-state index < -0.39 is 11.2 Å². The highest BCUT2D eigenvalue weighted by atomic mass is 16.2. The molecule has 0 unspecified atom stereocenters. The van der Waals surface area contributed by atoms with Crippen molar-refractivity contribution >= 4 is 17.4 Å². The molecule has 0 saturated heterocycles. The van der Waals surface area contributed by atoms with E-state index in [0.29, 0.717) is 12.1 Å².